The van der Waals surface area contributed by atoms with Gasteiger partial charge in [-0.1, -0.05) is 28.4 Å². The highest BCUT2D eigenvalue weighted by atomic mass is 79.9. The fraction of sp³-hybridized carbons (Fsp3) is 0.588. The lowest BCUT2D eigenvalue weighted by molar-refractivity contribution is 0.177. The predicted octanol–water partition coefficient (Wildman–Crippen LogP) is 3.35. The Morgan fingerprint density at radius 3 is 2.77 bits per heavy atom. The van der Waals surface area contributed by atoms with Crippen LogP contribution in [-0.4, -0.2) is 30.1 Å². The molecular weight excluding hydrogens is 342 g/mol. The number of carbonyl (C=O) groups is 1. The number of amides is 2. The van der Waals surface area contributed by atoms with E-state index in [0.717, 1.165) is 49.7 Å². The van der Waals surface area contributed by atoms with Gasteiger partial charge in [0.2, 0.25) is 0 Å². The summed E-state index contributed by atoms with van der Waals surface area (Å²) in [5, 5.41) is 3.25. The van der Waals surface area contributed by atoms with Gasteiger partial charge in [0.1, 0.15) is 0 Å². The lowest BCUT2D eigenvalue weighted by atomic mass is 9.99. The van der Waals surface area contributed by atoms with Gasteiger partial charge in [-0.05, 0) is 55.4 Å². The highest BCUT2D eigenvalue weighted by Gasteiger charge is 2.25. The summed E-state index contributed by atoms with van der Waals surface area (Å²) < 4.78 is 1.11. The Bertz CT molecular complexity index is 541. The molecule has 4 nitrogen and oxygen atoms in total. The minimum absolute atomic E-state index is 0.0627. The average Bonchev–Trinajstić information content (AvgIpc) is 2.70. The minimum atomic E-state index is 0.0627. The third-order valence-corrected chi connectivity index (χ3v) is 5.29. The molecule has 22 heavy (non-hydrogen) atoms. The maximum absolute atomic E-state index is 12.5. The zero-order chi connectivity index (χ0) is 15.5. The zero-order valence-electron chi connectivity index (χ0n) is 12.9. The Kier molecular flexibility index (Phi) is 5.03. The molecule has 1 saturated heterocycles. The lowest BCUT2D eigenvalue weighted by Gasteiger charge is -2.32. The molecule has 1 atom stereocenters. The number of nitrogens with zero attached hydrogens (tertiary/aromatic N) is 1. The summed E-state index contributed by atoms with van der Waals surface area (Å²) in [5.74, 6) is 0. The molecule has 0 aromatic heterocycles. The number of piperidine rings is 1. The van der Waals surface area contributed by atoms with Crippen LogP contribution in [0.15, 0.2) is 22.7 Å². The van der Waals surface area contributed by atoms with Gasteiger partial charge in [0.05, 0.1) is 6.04 Å². The number of likely N-dealkylation sites (tertiary alicyclic amines) is 1. The molecule has 1 aliphatic heterocycles. The van der Waals surface area contributed by atoms with E-state index >= 15 is 0 Å². The largest absolute Gasteiger partial charge is 0.331 e. The summed E-state index contributed by atoms with van der Waals surface area (Å²) in [6.07, 6.45) is 6.27. The van der Waals surface area contributed by atoms with Gasteiger partial charge in [-0.15, -0.1) is 0 Å². The summed E-state index contributed by atoms with van der Waals surface area (Å²) in [6.45, 7) is 1.54. The van der Waals surface area contributed by atoms with Crippen molar-refractivity contribution in [2.45, 2.75) is 50.6 Å². The molecule has 0 saturated carbocycles. The van der Waals surface area contributed by atoms with Crippen LogP contribution in [0.4, 0.5) is 4.79 Å². The quantitative estimate of drug-likeness (QED) is 0.749. The maximum atomic E-state index is 12.5. The molecule has 2 aliphatic rings. The predicted molar refractivity (Wildman–Crippen MR) is 91.8 cm³/mol. The molecule has 2 amide bonds. The second-order valence-electron chi connectivity index (χ2n) is 6.42. The van der Waals surface area contributed by atoms with Crippen LogP contribution in [0.3, 0.4) is 0 Å². The van der Waals surface area contributed by atoms with E-state index in [-0.39, 0.29) is 18.1 Å². The highest BCUT2D eigenvalue weighted by Crippen LogP contribution is 2.30. The monoisotopic (exact) mass is 365 g/mol. The first kappa shape index (κ1) is 15.8. The second kappa shape index (κ2) is 7.01. The van der Waals surface area contributed by atoms with Crippen molar-refractivity contribution in [3.63, 3.8) is 0 Å². The Labute approximate surface area is 140 Å². The van der Waals surface area contributed by atoms with Crippen molar-refractivity contribution in [2.24, 2.45) is 5.73 Å². The van der Waals surface area contributed by atoms with Gasteiger partial charge in [-0.3, -0.25) is 0 Å². The fourth-order valence-corrected chi connectivity index (χ4v) is 3.85. The Hall–Kier alpha value is -1.07. The van der Waals surface area contributed by atoms with E-state index < -0.39 is 0 Å². The van der Waals surface area contributed by atoms with Gasteiger partial charge in [0.25, 0.3) is 0 Å². The number of aryl methyl sites for hydroxylation is 1. The summed E-state index contributed by atoms with van der Waals surface area (Å²) in [6, 6.07) is 6.87. The van der Waals surface area contributed by atoms with Crippen LogP contribution in [0.25, 0.3) is 0 Å². The van der Waals surface area contributed by atoms with Crippen LogP contribution in [0, 0.1) is 0 Å². The standard InChI is InChI=1S/C17H24BrN3O/c18-13-5-6-15-12(11-13)3-1-2-4-16(15)20-17(22)21-9-7-14(19)8-10-21/h5-6,11,14,16H,1-4,7-10,19H2,(H,20,22). The molecular formula is C17H24BrN3O. The van der Waals surface area contributed by atoms with Crippen LogP contribution < -0.4 is 11.1 Å². The average molecular weight is 366 g/mol. The molecule has 120 valence electrons. The van der Waals surface area contributed by atoms with Crippen molar-refractivity contribution < 1.29 is 4.79 Å². The van der Waals surface area contributed by atoms with Crippen molar-refractivity contribution >= 4 is 22.0 Å². The molecule has 1 unspecified atom stereocenters. The number of benzene rings is 1. The maximum Gasteiger partial charge on any atom is 0.317 e. The molecule has 0 bridgehead atoms. The van der Waals surface area contributed by atoms with Crippen LogP contribution in [0.1, 0.15) is 49.3 Å². The van der Waals surface area contributed by atoms with Gasteiger partial charge in [-0.25, -0.2) is 4.79 Å². The van der Waals surface area contributed by atoms with Gasteiger partial charge in [0, 0.05) is 23.6 Å². The third kappa shape index (κ3) is 3.63. The first-order valence-electron chi connectivity index (χ1n) is 8.23. The van der Waals surface area contributed by atoms with Gasteiger partial charge in [0.15, 0.2) is 0 Å². The number of halogens is 1. The fourth-order valence-electron chi connectivity index (χ4n) is 3.44. The molecule has 1 aromatic rings. The van der Waals surface area contributed by atoms with E-state index in [1.165, 1.54) is 17.5 Å². The molecule has 1 aliphatic carbocycles. The van der Waals surface area contributed by atoms with Gasteiger partial charge in [-0.2, -0.15) is 0 Å². The van der Waals surface area contributed by atoms with Crippen molar-refractivity contribution in [1.82, 2.24) is 10.2 Å². The molecule has 5 heteroatoms. The Balaban J connectivity index is 1.71. The first-order valence-corrected chi connectivity index (χ1v) is 9.02. The normalized spacial score (nSPS) is 22.8. The van der Waals surface area contributed by atoms with E-state index in [2.05, 4.69) is 39.4 Å². The smallest absolute Gasteiger partial charge is 0.317 e. The number of hydrogen-bond donors (Lipinski definition) is 2. The van der Waals surface area contributed by atoms with Crippen molar-refractivity contribution in [2.75, 3.05) is 13.1 Å². The van der Waals surface area contributed by atoms with E-state index in [1.807, 2.05) is 4.90 Å². The number of nitrogens with one attached hydrogen (secondary N) is 1. The molecule has 1 aromatic carbocycles. The first-order chi connectivity index (χ1) is 10.6. The number of urea groups is 1. The number of rotatable bonds is 1. The Morgan fingerprint density at radius 1 is 1.23 bits per heavy atom. The zero-order valence-corrected chi connectivity index (χ0v) is 14.4. The topological polar surface area (TPSA) is 58.4 Å². The summed E-state index contributed by atoms with van der Waals surface area (Å²) in [4.78, 5) is 14.4. The SMILES string of the molecule is NC1CCN(C(=O)NC2CCCCc3cc(Br)ccc32)CC1. The molecule has 1 heterocycles. The van der Waals surface area contributed by atoms with E-state index in [1.54, 1.807) is 0 Å². The minimum Gasteiger partial charge on any atom is -0.331 e. The molecule has 0 spiro atoms. The van der Waals surface area contributed by atoms with E-state index in [4.69, 9.17) is 5.73 Å². The third-order valence-electron chi connectivity index (χ3n) is 4.79. The molecule has 1 fully saturated rings. The summed E-state index contributed by atoms with van der Waals surface area (Å²) >= 11 is 3.55. The van der Waals surface area contributed by atoms with Crippen LogP contribution in [0.2, 0.25) is 0 Å². The van der Waals surface area contributed by atoms with Crippen LogP contribution in [0.5, 0.6) is 0 Å². The van der Waals surface area contributed by atoms with Crippen molar-refractivity contribution in [3.05, 3.63) is 33.8 Å². The van der Waals surface area contributed by atoms with E-state index in [0.29, 0.717) is 0 Å². The van der Waals surface area contributed by atoms with Crippen molar-refractivity contribution in [1.29, 1.82) is 0 Å². The molecule has 3 rings (SSSR count). The number of carbonyl (C=O) groups excluding carboxylic acids is 1. The molecule has 3 N–H and O–H groups in total. The van der Waals surface area contributed by atoms with Crippen LogP contribution >= 0.6 is 15.9 Å². The van der Waals surface area contributed by atoms with E-state index in [9.17, 15) is 4.79 Å². The number of hydrogen-bond acceptors (Lipinski definition) is 2. The van der Waals surface area contributed by atoms with Gasteiger partial charge >= 0.3 is 6.03 Å². The van der Waals surface area contributed by atoms with Crippen LogP contribution in [-0.2, 0) is 6.42 Å². The second-order valence-corrected chi connectivity index (χ2v) is 7.33. The number of fused-ring (bicyclic) bond motifs is 1. The Morgan fingerprint density at radius 2 is 2.00 bits per heavy atom. The summed E-state index contributed by atoms with van der Waals surface area (Å²) in [5.41, 5.74) is 8.56. The highest BCUT2D eigenvalue weighted by molar-refractivity contribution is 9.10. The summed E-state index contributed by atoms with van der Waals surface area (Å²) in [7, 11) is 0. The van der Waals surface area contributed by atoms with Crippen molar-refractivity contribution in [3.8, 4) is 0 Å². The molecule has 0 radical (unpaired) electrons. The van der Waals surface area contributed by atoms with Gasteiger partial charge < -0.3 is 16.0 Å². The number of nitrogens with two attached hydrogens (primary N) is 1. The lowest BCUT2D eigenvalue weighted by Crippen LogP contribution is -2.48.